The topological polar surface area (TPSA) is 75.6 Å². The van der Waals surface area contributed by atoms with Crippen molar-refractivity contribution in [1.82, 2.24) is 5.32 Å². The monoisotopic (exact) mass is 349 g/mol. The summed E-state index contributed by atoms with van der Waals surface area (Å²) < 4.78 is 6.04. The minimum Gasteiger partial charge on any atom is -0.482 e. The smallest absolute Gasteiger partial charge is 0.308 e. The number of benzene rings is 1. The van der Waals surface area contributed by atoms with Gasteiger partial charge in [0.1, 0.15) is 5.75 Å². The van der Waals surface area contributed by atoms with Gasteiger partial charge in [0, 0.05) is 11.0 Å². The van der Waals surface area contributed by atoms with Gasteiger partial charge in [0.2, 0.25) is 0 Å². The zero-order chi connectivity index (χ0) is 14.4. The fourth-order valence-electron chi connectivity index (χ4n) is 1.14. The highest BCUT2D eigenvalue weighted by Gasteiger charge is 2.12. The Kier molecular flexibility index (Phi) is 6.11. The van der Waals surface area contributed by atoms with Gasteiger partial charge < -0.3 is 15.2 Å². The predicted molar refractivity (Wildman–Crippen MR) is 74.5 cm³/mol. The minimum absolute atomic E-state index is 0.0611. The first-order valence-corrected chi connectivity index (χ1v) is 6.64. The predicted octanol–water partition coefficient (Wildman–Crippen LogP) is 2.32. The van der Waals surface area contributed by atoms with E-state index >= 15 is 0 Å². The van der Waals surface area contributed by atoms with Gasteiger partial charge in [-0.2, -0.15) is 0 Å². The summed E-state index contributed by atoms with van der Waals surface area (Å²) in [4.78, 5) is 22.0. The van der Waals surface area contributed by atoms with Crippen LogP contribution in [0.25, 0.3) is 0 Å². The second kappa shape index (κ2) is 7.35. The molecule has 1 unspecified atom stereocenters. The molecule has 0 aliphatic heterocycles. The average Bonchev–Trinajstić information content (AvgIpc) is 2.34. The van der Waals surface area contributed by atoms with E-state index in [1.807, 2.05) is 0 Å². The molecule has 1 amide bonds. The molecule has 0 bridgehead atoms. The summed E-state index contributed by atoms with van der Waals surface area (Å²) in [6, 6.07) is 5.03. The highest BCUT2D eigenvalue weighted by Crippen LogP contribution is 2.27. The average molecular weight is 351 g/mol. The molecule has 2 N–H and O–H groups in total. The van der Waals surface area contributed by atoms with Gasteiger partial charge in [0.05, 0.1) is 10.9 Å². The third-order valence-electron chi connectivity index (χ3n) is 2.28. The van der Waals surface area contributed by atoms with Gasteiger partial charge in [-0.05, 0) is 18.2 Å². The molecule has 0 saturated heterocycles. The SMILES string of the molecule is CC(CNC(=O)COc1ccc(Br)cc1Cl)C(=O)O. The van der Waals surface area contributed by atoms with Crippen molar-refractivity contribution in [3.63, 3.8) is 0 Å². The van der Waals surface area contributed by atoms with E-state index in [4.69, 9.17) is 21.4 Å². The van der Waals surface area contributed by atoms with Gasteiger partial charge >= 0.3 is 5.97 Å². The van der Waals surface area contributed by atoms with E-state index in [0.717, 1.165) is 4.47 Å². The number of hydrogen-bond donors (Lipinski definition) is 2. The molecule has 0 spiro atoms. The summed E-state index contributed by atoms with van der Waals surface area (Å²) in [7, 11) is 0. The summed E-state index contributed by atoms with van der Waals surface area (Å²) in [5.41, 5.74) is 0. The fourth-order valence-corrected chi connectivity index (χ4v) is 1.87. The summed E-state index contributed by atoms with van der Waals surface area (Å²) >= 11 is 9.17. The zero-order valence-corrected chi connectivity index (χ0v) is 12.5. The lowest BCUT2D eigenvalue weighted by Gasteiger charge is -2.10. The Labute approximate surface area is 124 Å². The number of halogens is 2. The van der Waals surface area contributed by atoms with E-state index in [9.17, 15) is 9.59 Å². The van der Waals surface area contributed by atoms with Crippen molar-refractivity contribution in [2.75, 3.05) is 13.2 Å². The summed E-state index contributed by atoms with van der Waals surface area (Å²) in [6.45, 7) is 1.36. The van der Waals surface area contributed by atoms with Crippen molar-refractivity contribution in [2.45, 2.75) is 6.92 Å². The number of nitrogens with one attached hydrogen (secondary N) is 1. The van der Waals surface area contributed by atoms with Crippen LogP contribution in [0, 0.1) is 5.92 Å². The van der Waals surface area contributed by atoms with E-state index in [1.54, 1.807) is 18.2 Å². The lowest BCUT2D eigenvalue weighted by Crippen LogP contribution is -2.34. The fraction of sp³-hybridized carbons (Fsp3) is 0.333. The van der Waals surface area contributed by atoms with Crippen molar-refractivity contribution < 1.29 is 19.4 Å². The first-order valence-electron chi connectivity index (χ1n) is 5.47. The Hall–Kier alpha value is -1.27. The van der Waals surface area contributed by atoms with Crippen LogP contribution in [-0.2, 0) is 9.59 Å². The van der Waals surface area contributed by atoms with Crippen molar-refractivity contribution in [2.24, 2.45) is 5.92 Å². The van der Waals surface area contributed by atoms with Crippen LogP contribution in [0.5, 0.6) is 5.75 Å². The molecule has 0 aliphatic carbocycles. The number of hydrogen-bond acceptors (Lipinski definition) is 3. The lowest BCUT2D eigenvalue weighted by molar-refractivity contribution is -0.141. The Bertz CT molecular complexity index is 481. The van der Waals surface area contributed by atoms with Crippen LogP contribution < -0.4 is 10.1 Å². The third kappa shape index (κ3) is 5.48. The number of carbonyl (C=O) groups is 2. The summed E-state index contributed by atoms with van der Waals surface area (Å²) in [5, 5.41) is 11.5. The summed E-state index contributed by atoms with van der Waals surface area (Å²) in [6.07, 6.45) is 0. The number of amides is 1. The Balaban J connectivity index is 2.40. The molecule has 104 valence electrons. The number of carbonyl (C=O) groups excluding carboxylic acids is 1. The number of carboxylic acid groups (broad SMARTS) is 1. The van der Waals surface area contributed by atoms with E-state index in [0.29, 0.717) is 10.8 Å². The second-order valence-corrected chi connectivity index (χ2v) is 5.23. The third-order valence-corrected chi connectivity index (χ3v) is 3.07. The van der Waals surface area contributed by atoms with Crippen molar-refractivity contribution in [1.29, 1.82) is 0 Å². The van der Waals surface area contributed by atoms with Crippen LogP contribution >= 0.6 is 27.5 Å². The van der Waals surface area contributed by atoms with Gasteiger partial charge in [-0.25, -0.2) is 0 Å². The van der Waals surface area contributed by atoms with Crippen molar-refractivity contribution in [3.8, 4) is 5.75 Å². The molecule has 0 heterocycles. The van der Waals surface area contributed by atoms with Crippen molar-refractivity contribution >= 4 is 39.4 Å². The highest BCUT2D eigenvalue weighted by molar-refractivity contribution is 9.10. The molecule has 0 radical (unpaired) electrons. The second-order valence-electron chi connectivity index (χ2n) is 3.91. The molecule has 0 saturated carbocycles. The highest BCUT2D eigenvalue weighted by atomic mass is 79.9. The van der Waals surface area contributed by atoms with Crippen LogP contribution in [0.2, 0.25) is 5.02 Å². The number of rotatable bonds is 6. The van der Waals surface area contributed by atoms with Crippen molar-refractivity contribution in [3.05, 3.63) is 27.7 Å². The van der Waals surface area contributed by atoms with Crippen LogP contribution in [0.3, 0.4) is 0 Å². The molecule has 0 aliphatic rings. The molecule has 19 heavy (non-hydrogen) atoms. The number of aliphatic carboxylic acids is 1. The quantitative estimate of drug-likeness (QED) is 0.825. The van der Waals surface area contributed by atoms with Gasteiger partial charge in [0.15, 0.2) is 6.61 Å². The van der Waals surface area contributed by atoms with E-state index in [2.05, 4.69) is 21.2 Å². The Morgan fingerprint density at radius 3 is 2.79 bits per heavy atom. The van der Waals surface area contributed by atoms with Crippen LogP contribution in [-0.4, -0.2) is 30.1 Å². The molecule has 1 atom stereocenters. The van der Waals surface area contributed by atoms with E-state index in [1.165, 1.54) is 6.92 Å². The molecule has 7 heteroatoms. The molecule has 1 aromatic rings. The molecule has 0 fully saturated rings. The van der Waals surface area contributed by atoms with Crippen LogP contribution in [0.1, 0.15) is 6.92 Å². The van der Waals surface area contributed by atoms with Gasteiger partial charge in [-0.3, -0.25) is 9.59 Å². The number of ether oxygens (including phenoxy) is 1. The first kappa shape index (κ1) is 15.8. The molecule has 5 nitrogen and oxygen atoms in total. The molecular weight excluding hydrogens is 337 g/mol. The lowest BCUT2D eigenvalue weighted by atomic mass is 10.2. The molecule has 1 aromatic carbocycles. The van der Waals surface area contributed by atoms with Gasteiger partial charge in [-0.1, -0.05) is 34.5 Å². The maximum absolute atomic E-state index is 11.4. The molecule has 1 rings (SSSR count). The first-order chi connectivity index (χ1) is 8.90. The molecule has 0 aromatic heterocycles. The van der Waals surface area contributed by atoms with E-state index < -0.39 is 17.8 Å². The molecular formula is C12H13BrClNO4. The van der Waals surface area contributed by atoms with Gasteiger partial charge in [-0.15, -0.1) is 0 Å². The minimum atomic E-state index is -0.961. The zero-order valence-electron chi connectivity index (χ0n) is 10.2. The number of carboxylic acids is 1. The largest absolute Gasteiger partial charge is 0.482 e. The van der Waals surface area contributed by atoms with E-state index in [-0.39, 0.29) is 13.2 Å². The Morgan fingerprint density at radius 2 is 2.21 bits per heavy atom. The normalized spacial score (nSPS) is 11.7. The Morgan fingerprint density at radius 1 is 1.53 bits per heavy atom. The standard InChI is InChI=1S/C12H13BrClNO4/c1-7(12(17)18)5-15-11(16)6-19-10-3-2-8(13)4-9(10)14/h2-4,7H,5-6H2,1H3,(H,15,16)(H,17,18). The maximum atomic E-state index is 11.4. The summed E-state index contributed by atoms with van der Waals surface area (Å²) in [5.74, 6) is -1.60. The van der Waals surface area contributed by atoms with Gasteiger partial charge in [0.25, 0.3) is 5.91 Å². The maximum Gasteiger partial charge on any atom is 0.308 e. The van der Waals surface area contributed by atoms with Crippen LogP contribution in [0.15, 0.2) is 22.7 Å². The van der Waals surface area contributed by atoms with Crippen LogP contribution in [0.4, 0.5) is 0 Å².